The Balaban J connectivity index is -0.000000139. The van der Waals surface area contributed by atoms with Crippen molar-refractivity contribution in [3.8, 4) is 0 Å². The number of rotatable bonds is 6. The van der Waals surface area contributed by atoms with E-state index in [1.807, 2.05) is 6.92 Å². The second kappa shape index (κ2) is 14.7. The van der Waals surface area contributed by atoms with Crippen LogP contribution in [0.3, 0.4) is 0 Å². The van der Waals surface area contributed by atoms with Gasteiger partial charge in [-0.05, 0) is 13.8 Å². The maximum atomic E-state index is 10.2. The molecule has 0 aliphatic carbocycles. The minimum absolute atomic E-state index is 0. The third-order valence-electron chi connectivity index (χ3n) is 1.38. The minimum Gasteiger partial charge on any atom is -0.550 e. The number of carbonyl (C=O) groups is 2. The molecule has 0 radical (unpaired) electrons. The average molecular weight is 332 g/mol. The molecular formula is C8H14Na2O9S. The molecular weight excluding hydrogens is 318 g/mol. The standard InChI is InChI=1S/C4H6O7S.C4H10O2.2Na/c5-3(6)1-2(4(7)8)12(9,10)11;1-3-6-4(2)5;;/h2H,1H2,(H,5,6)(H,7,8)(H,9,10,11);4-5H,3H2,1-2H3;;/q;;2*+1/p-2. The molecule has 0 aliphatic heterocycles. The second-order valence-electron chi connectivity index (χ2n) is 2.95. The van der Waals surface area contributed by atoms with E-state index in [-0.39, 0.29) is 59.1 Å². The molecule has 0 aromatic rings. The van der Waals surface area contributed by atoms with Crippen LogP contribution in [0.15, 0.2) is 0 Å². The first-order chi connectivity index (χ1) is 8.02. The van der Waals surface area contributed by atoms with Crippen molar-refractivity contribution in [3.05, 3.63) is 0 Å². The predicted molar refractivity (Wildman–Crippen MR) is 53.3 cm³/mol. The van der Waals surface area contributed by atoms with Gasteiger partial charge in [0.15, 0.2) is 6.29 Å². The molecule has 0 aliphatic rings. The van der Waals surface area contributed by atoms with Crippen molar-refractivity contribution >= 4 is 22.1 Å². The molecule has 0 heterocycles. The molecule has 108 valence electrons. The molecule has 2 unspecified atom stereocenters. The molecule has 0 rings (SSSR count). The summed E-state index contributed by atoms with van der Waals surface area (Å²) < 4.78 is 33.1. The third kappa shape index (κ3) is 18.8. The fraction of sp³-hybridized carbons (Fsp3) is 0.750. The Kier molecular flexibility index (Phi) is 21.2. The van der Waals surface area contributed by atoms with Gasteiger partial charge < -0.3 is 29.6 Å². The van der Waals surface area contributed by atoms with E-state index in [2.05, 4.69) is 4.74 Å². The Labute approximate surface area is 161 Å². The summed E-state index contributed by atoms with van der Waals surface area (Å²) in [5, 5.41) is 25.6. The van der Waals surface area contributed by atoms with Gasteiger partial charge in [0.05, 0.1) is 5.97 Å². The molecule has 20 heavy (non-hydrogen) atoms. The third-order valence-corrected chi connectivity index (χ3v) is 2.46. The molecule has 0 bridgehead atoms. The van der Waals surface area contributed by atoms with Crippen molar-refractivity contribution in [3.63, 3.8) is 0 Å². The maximum absolute atomic E-state index is 10.2. The van der Waals surface area contributed by atoms with E-state index in [0.29, 0.717) is 6.61 Å². The van der Waals surface area contributed by atoms with Crippen molar-refractivity contribution < 1.29 is 102 Å². The van der Waals surface area contributed by atoms with E-state index in [9.17, 15) is 28.2 Å². The van der Waals surface area contributed by atoms with Gasteiger partial charge in [-0.3, -0.25) is 4.55 Å². The van der Waals surface area contributed by atoms with Crippen LogP contribution >= 0.6 is 0 Å². The molecule has 12 heteroatoms. The number of aliphatic hydroxyl groups is 1. The van der Waals surface area contributed by atoms with Crippen molar-refractivity contribution in [1.29, 1.82) is 0 Å². The van der Waals surface area contributed by atoms with Crippen LogP contribution in [0, 0.1) is 0 Å². The molecule has 0 fully saturated rings. The van der Waals surface area contributed by atoms with Gasteiger partial charge in [0.25, 0.3) is 10.1 Å². The van der Waals surface area contributed by atoms with Crippen LogP contribution in [0.5, 0.6) is 0 Å². The first kappa shape index (κ1) is 28.9. The van der Waals surface area contributed by atoms with E-state index in [1.54, 1.807) is 6.92 Å². The monoisotopic (exact) mass is 332 g/mol. The van der Waals surface area contributed by atoms with E-state index < -0.39 is 40.0 Å². The normalized spacial score (nSPS) is 12.6. The Bertz CT molecular complexity index is 368. The smallest absolute Gasteiger partial charge is 0.550 e. The van der Waals surface area contributed by atoms with Crippen LogP contribution in [-0.2, 0) is 24.4 Å². The van der Waals surface area contributed by atoms with Crippen LogP contribution in [0.1, 0.15) is 20.3 Å². The number of hydrogen-bond donors (Lipinski definition) is 2. The van der Waals surface area contributed by atoms with Gasteiger partial charge >= 0.3 is 59.1 Å². The summed E-state index contributed by atoms with van der Waals surface area (Å²) in [5.74, 6) is -4.08. The molecule has 0 aromatic heterocycles. The quantitative estimate of drug-likeness (QED) is 0.273. The zero-order valence-corrected chi connectivity index (χ0v) is 16.5. The topological polar surface area (TPSA) is 164 Å². The summed E-state index contributed by atoms with van der Waals surface area (Å²) in [6, 6.07) is 0. The number of hydrogen-bond acceptors (Lipinski definition) is 8. The largest absolute Gasteiger partial charge is 1.00 e. The van der Waals surface area contributed by atoms with Crippen LogP contribution < -0.4 is 69.3 Å². The van der Waals surface area contributed by atoms with Gasteiger partial charge in [0.1, 0.15) is 5.25 Å². The SMILES string of the molecule is CCOC(C)O.O=C([O-])CC(C(=O)[O-])S(=O)(=O)O.[Na+].[Na+]. The van der Waals surface area contributed by atoms with Crippen LogP contribution in [0.25, 0.3) is 0 Å². The number of ether oxygens (including phenoxy) is 1. The van der Waals surface area contributed by atoms with Crippen molar-refractivity contribution in [1.82, 2.24) is 0 Å². The zero-order valence-electron chi connectivity index (χ0n) is 11.7. The van der Waals surface area contributed by atoms with Gasteiger partial charge in [-0.1, -0.05) is 0 Å². The number of carboxylic acids is 2. The van der Waals surface area contributed by atoms with E-state index >= 15 is 0 Å². The van der Waals surface area contributed by atoms with Crippen LogP contribution in [-0.4, -0.2) is 48.2 Å². The van der Waals surface area contributed by atoms with Gasteiger partial charge in [-0.2, -0.15) is 8.42 Å². The molecule has 2 N–H and O–H groups in total. The summed E-state index contributed by atoms with van der Waals surface area (Å²) in [5.41, 5.74) is 0. The summed E-state index contributed by atoms with van der Waals surface area (Å²) in [4.78, 5) is 19.7. The van der Waals surface area contributed by atoms with Gasteiger partial charge in [-0.15, -0.1) is 0 Å². The number of carbonyl (C=O) groups excluding carboxylic acids is 2. The Hall–Kier alpha value is 0.770. The first-order valence-electron chi connectivity index (χ1n) is 4.69. The summed E-state index contributed by atoms with van der Waals surface area (Å²) in [6.45, 7) is 4.01. The first-order valence-corrected chi connectivity index (χ1v) is 6.19. The van der Waals surface area contributed by atoms with E-state index in [4.69, 9.17) is 9.66 Å². The summed E-state index contributed by atoms with van der Waals surface area (Å²) in [7, 11) is -4.94. The Morgan fingerprint density at radius 1 is 1.25 bits per heavy atom. The fourth-order valence-electron chi connectivity index (χ4n) is 0.703. The van der Waals surface area contributed by atoms with E-state index in [1.165, 1.54) is 0 Å². The Morgan fingerprint density at radius 2 is 1.65 bits per heavy atom. The van der Waals surface area contributed by atoms with Crippen LogP contribution in [0.4, 0.5) is 0 Å². The van der Waals surface area contributed by atoms with Crippen LogP contribution in [0.2, 0.25) is 0 Å². The summed E-state index contributed by atoms with van der Waals surface area (Å²) >= 11 is 0. The molecule has 0 saturated heterocycles. The minimum atomic E-state index is -4.94. The maximum Gasteiger partial charge on any atom is 1.00 e. The molecule has 2 atom stereocenters. The van der Waals surface area contributed by atoms with Gasteiger partial charge in [0.2, 0.25) is 0 Å². The van der Waals surface area contributed by atoms with Crippen molar-refractivity contribution in [2.24, 2.45) is 0 Å². The van der Waals surface area contributed by atoms with E-state index in [0.717, 1.165) is 0 Å². The molecule has 0 aromatic carbocycles. The summed E-state index contributed by atoms with van der Waals surface area (Å²) in [6.07, 6.45) is -1.93. The van der Waals surface area contributed by atoms with Gasteiger partial charge in [-0.25, -0.2) is 0 Å². The van der Waals surface area contributed by atoms with Gasteiger partial charge in [0, 0.05) is 19.0 Å². The number of aliphatic carboxylic acids is 2. The second-order valence-corrected chi connectivity index (χ2v) is 4.55. The predicted octanol–water partition coefficient (Wildman–Crippen LogP) is -9.50. The zero-order chi connectivity index (χ0) is 14.9. The average Bonchev–Trinajstić information content (AvgIpc) is 2.12. The molecule has 0 amide bonds. The Morgan fingerprint density at radius 3 is 1.70 bits per heavy atom. The fourth-order valence-corrected chi connectivity index (χ4v) is 1.29. The molecule has 0 spiro atoms. The number of carboxylic acid groups (broad SMARTS) is 2. The number of aliphatic hydroxyl groups excluding tert-OH is 1. The van der Waals surface area contributed by atoms with Crippen molar-refractivity contribution in [2.75, 3.05) is 6.61 Å². The molecule has 9 nitrogen and oxygen atoms in total. The van der Waals surface area contributed by atoms with Crippen molar-refractivity contribution in [2.45, 2.75) is 31.8 Å². The molecule has 0 saturated carbocycles.